The van der Waals surface area contributed by atoms with Gasteiger partial charge in [-0.05, 0) is 23.8 Å². The third-order valence-corrected chi connectivity index (χ3v) is 2.44. The van der Waals surface area contributed by atoms with Crippen LogP contribution in [0.5, 0.6) is 0 Å². The van der Waals surface area contributed by atoms with Gasteiger partial charge in [0.25, 0.3) is 0 Å². The molecule has 0 N–H and O–H groups in total. The van der Waals surface area contributed by atoms with Crippen molar-refractivity contribution in [3.8, 4) is 6.07 Å². The molecule has 0 atom stereocenters. The van der Waals surface area contributed by atoms with Gasteiger partial charge < -0.3 is 4.90 Å². The van der Waals surface area contributed by atoms with E-state index in [1.807, 2.05) is 18.2 Å². The molecule has 0 unspecified atom stereocenters. The maximum absolute atomic E-state index is 11.6. The van der Waals surface area contributed by atoms with E-state index >= 15 is 0 Å². The second-order valence-corrected chi connectivity index (χ2v) is 3.99. The van der Waals surface area contributed by atoms with Gasteiger partial charge in [-0.15, -0.1) is 0 Å². The first-order valence-electron chi connectivity index (χ1n) is 5.19. The molecule has 0 saturated carbocycles. The molecule has 3 nitrogen and oxygen atoms in total. The van der Waals surface area contributed by atoms with E-state index in [9.17, 15) is 4.79 Å². The van der Waals surface area contributed by atoms with Crippen molar-refractivity contribution in [1.29, 1.82) is 5.26 Å². The molecule has 17 heavy (non-hydrogen) atoms. The summed E-state index contributed by atoms with van der Waals surface area (Å²) in [5, 5.41) is 9.05. The number of halogens is 1. The highest BCUT2D eigenvalue weighted by molar-refractivity contribution is 6.30. The topological polar surface area (TPSA) is 44.1 Å². The van der Waals surface area contributed by atoms with E-state index in [1.165, 1.54) is 11.0 Å². The van der Waals surface area contributed by atoms with Gasteiger partial charge in [0.15, 0.2) is 0 Å². The van der Waals surface area contributed by atoms with Crippen LogP contribution in [0.1, 0.15) is 12.0 Å². The Kier molecular flexibility index (Phi) is 5.25. The quantitative estimate of drug-likeness (QED) is 0.769. The number of nitrogens with zero attached hydrogens (tertiary/aromatic N) is 2. The number of carbonyl (C=O) groups excluding carboxylic acids is 1. The highest BCUT2D eigenvalue weighted by atomic mass is 35.5. The van der Waals surface area contributed by atoms with Gasteiger partial charge in [0.1, 0.15) is 0 Å². The molecule has 0 aliphatic heterocycles. The Morgan fingerprint density at radius 1 is 1.59 bits per heavy atom. The Labute approximate surface area is 106 Å². The fourth-order valence-corrected chi connectivity index (χ4v) is 1.43. The molecular weight excluding hydrogens is 236 g/mol. The average Bonchev–Trinajstić information content (AvgIpc) is 2.33. The van der Waals surface area contributed by atoms with Crippen LogP contribution in [-0.4, -0.2) is 24.4 Å². The minimum atomic E-state index is -0.125. The smallest absolute Gasteiger partial charge is 0.246 e. The molecule has 1 amide bonds. The first kappa shape index (κ1) is 13.3. The van der Waals surface area contributed by atoms with Crippen molar-refractivity contribution in [1.82, 2.24) is 4.90 Å². The third kappa shape index (κ3) is 4.71. The van der Waals surface area contributed by atoms with Crippen LogP contribution in [-0.2, 0) is 4.79 Å². The van der Waals surface area contributed by atoms with Crippen molar-refractivity contribution in [3.05, 3.63) is 40.9 Å². The van der Waals surface area contributed by atoms with Gasteiger partial charge in [-0.1, -0.05) is 23.7 Å². The number of carbonyl (C=O) groups is 1. The Morgan fingerprint density at radius 3 is 3.00 bits per heavy atom. The molecule has 1 aromatic rings. The minimum Gasteiger partial charge on any atom is -0.341 e. The van der Waals surface area contributed by atoms with E-state index in [2.05, 4.69) is 0 Å². The Bertz CT molecular complexity index is 463. The van der Waals surface area contributed by atoms with Gasteiger partial charge in [0.05, 0.1) is 12.5 Å². The average molecular weight is 249 g/mol. The molecule has 0 aliphatic carbocycles. The van der Waals surface area contributed by atoms with Gasteiger partial charge >= 0.3 is 0 Å². The van der Waals surface area contributed by atoms with Crippen LogP contribution < -0.4 is 0 Å². The Balaban J connectivity index is 2.59. The number of hydrogen-bond donors (Lipinski definition) is 0. The Morgan fingerprint density at radius 2 is 2.35 bits per heavy atom. The number of likely N-dealkylation sites (N-methyl/N-ethyl adjacent to an activating group) is 1. The van der Waals surface area contributed by atoms with Crippen LogP contribution in [0.4, 0.5) is 0 Å². The number of rotatable bonds is 4. The van der Waals surface area contributed by atoms with Crippen molar-refractivity contribution in [2.45, 2.75) is 6.42 Å². The van der Waals surface area contributed by atoms with Crippen LogP contribution in [0.3, 0.4) is 0 Å². The summed E-state index contributed by atoms with van der Waals surface area (Å²) in [6, 6.07) is 9.25. The van der Waals surface area contributed by atoms with Crippen molar-refractivity contribution in [2.24, 2.45) is 0 Å². The fraction of sp³-hybridized carbons (Fsp3) is 0.231. The summed E-state index contributed by atoms with van der Waals surface area (Å²) in [5.41, 5.74) is 0.875. The van der Waals surface area contributed by atoms with E-state index in [4.69, 9.17) is 16.9 Å². The molecular formula is C13H13ClN2O. The summed E-state index contributed by atoms with van der Waals surface area (Å²) in [7, 11) is 1.67. The molecule has 0 aromatic heterocycles. The molecule has 0 heterocycles. The van der Waals surface area contributed by atoms with Gasteiger partial charge in [-0.2, -0.15) is 5.26 Å². The summed E-state index contributed by atoms with van der Waals surface area (Å²) in [6.07, 6.45) is 3.52. The second-order valence-electron chi connectivity index (χ2n) is 3.56. The highest BCUT2D eigenvalue weighted by Gasteiger charge is 2.03. The molecule has 0 radical (unpaired) electrons. The van der Waals surface area contributed by atoms with Crippen LogP contribution >= 0.6 is 11.6 Å². The van der Waals surface area contributed by atoms with Crippen LogP contribution in [0, 0.1) is 11.3 Å². The van der Waals surface area contributed by atoms with Gasteiger partial charge in [0.2, 0.25) is 5.91 Å². The first-order valence-corrected chi connectivity index (χ1v) is 5.57. The highest BCUT2D eigenvalue weighted by Crippen LogP contribution is 2.11. The van der Waals surface area contributed by atoms with E-state index in [0.29, 0.717) is 18.0 Å². The number of benzene rings is 1. The largest absolute Gasteiger partial charge is 0.341 e. The fourth-order valence-electron chi connectivity index (χ4n) is 1.23. The summed E-state index contributed by atoms with van der Waals surface area (Å²) in [6.45, 7) is 0.440. The maximum Gasteiger partial charge on any atom is 0.246 e. The first-order chi connectivity index (χ1) is 8.13. The summed E-state index contributed by atoms with van der Waals surface area (Å²) < 4.78 is 0. The number of amides is 1. The molecule has 4 heteroatoms. The van der Waals surface area contributed by atoms with E-state index < -0.39 is 0 Å². The summed E-state index contributed by atoms with van der Waals surface area (Å²) in [5.74, 6) is -0.125. The van der Waals surface area contributed by atoms with E-state index in [-0.39, 0.29) is 5.91 Å². The predicted octanol–water partition coefficient (Wildman–Crippen LogP) is 2.73. The van der Waals surface area contributed by atoms with Gasteiger partial charge in [-0.25, -0.2) is 0 Å². The van der Waals surface area contributed by atoms with Crippen molar-refractivity contribution < 1.29 is 4.79 Å². The molecule has 0 fully saturated rings. The lowest BCUT2D eigenvalue weighted by Gasteiger charge is -2.12. The minimum absolute atomic E-state index is 0.125. The standard InChI is InChI=1S/C13H13ClN2O/c1-16(9-3-8-15)13(17)7-6-11-4-2-5-12(14)10-11/h2,4-7,10H,3,9H2,1H3. The molecule has 0 spiro atoms. The molecule has 0 aliphatic rings. The SMILES string of the molecule is CN(CCC#N)C(=O)C=Cc1cccc(Cl)c1. The lowest BCUT2D eigenvalue weighted by atomic mass is 10.2. The third-order valence-electron chi connectivity index (χ3n) is 2.20. The predicted molar refractivity (Wildman–Crippen MR) is 68.4 cm³/mol. The zero-order valence-electron chi connectivity index (χ0n) is 9.56. The van der Waals surface area contributed by atoms with Crippen molar-refractivity contribution >= 4 is 23.6 Å². The maximum atomic E-state index is 11.6. The molecule has 0 bridgehead atoms. The van der Waals surface area contributed by atoms with Crippen molar-refractivity contribution in [2.75, 3.05) is 13.6 Å². The zero-order valence-corrected chi connectivity index (χ0v) is 10.3. The summed E-state index contributed by atoms with van der Waals surface area (Å²) in [4.78, 5) is 13.1. The lowest BCUT2D eigenvalue weighted by molar-refractivity contribution is -0.124. The number of nitriles is 1. The van der Waals surface area contributed by atoms with Gasteiger partial charge in [0, 0.05) is 24.7 Å². The molecule has 1 aromatic carbocycles. The normalized spacial score (nSPS) is 10.2. The molecule has 1 rings (SSSR count). The van der Waals surface area contributed by atoms with Crippen LogP contribution in [0.2, 0.25) is 5.02 Å². The van der Waals surface area contributed by atoms with Crippen LogP contribution in [0.15, 0.2) is 30.3 Å². The molecule has 88 valence electrons. The monoisotopic (exact) mass is 248 g/mol. The summed E-state index contributed by atoms with van der Waals surface area (Å²) >= 11 is 5.83. The second kappa shape index (κ2) is 6.72. The Hall–Kier alpha value is -1.79. The zero-order chi connectivity index (χ0) is 12.7. The molecule has 0 saturated heterocycles. The lowest BCUT2D eigenvalue weighted by Crippen LogP contribution is -2.25. The van der Waals surface area contributed by atoms with Crippen LogP contribution in [0.25, 0.3) is 6.08 Å². The van der Waals surface area contributed by atoms with E-state index in [0.717, 1.165) is 5.56 Å². The van der Waals surface area contributed by atoms with Gasteiger partial charge in [-0.3, -0.25) is 4.79 Å². The van der Waals surface area contributed by atoms with Crippen molar-refractivity contribution in [3.63, 3.8) is 0 Å². The van der Waals surface area contributed by atoms with E-state index in [1.54, 1.807) is 25.3 Å². The number of hydrogen-bond acceptors (Lipinski definition) is 2.